The first-order valence-corrected chi connectivity index (χ1v) is 6.61. The van der Waals surface area contributed by atoms with Gasteiger partial charge in [0.15, 0.2) is 0 Å². The Labute approximate surface area is 111 Å². The van der Waals surface area contributed by atoms with Crippen LogP contribution < -0.4 is 4.74 Å². The van der Waals surface area contributed by atoms with E-state index >= 15 is 0 Å². The number of rotatable bonds is 3. The van der Waals surface area contributed by atoms with Gasteiger partial charge in [-0.05, 0) is 44.5 Å². The van der Waals surface area contributed by atoms with Crippen molar-refractivity contribution >= 4 is 17.1 Å². The van der Waals surface area contributed by atoms with Gasteiger partial charge in [0.2, 0.25) is 5.78 Å². The molecule has 2 nitrogen and oxygen atoms in total. The van der Waals surface area contributed by atoms with Crippen LogP contribution in [0.1, 0.15) is 31.2 Å². The SMILES string of the molecule is COc1ccc(C)cc1C(=O)c1cc(C)c(C)s1. The average Bonchev–Trinajstić information content (AvgIpc) is 2.68. The highest BCUT2D eigenvalue weighted by Crippen LogP contribution is 2.27. The van der Waals surface area contributed by atoms with E-state index in [0.717, 1.165) is 16.0 Å². The molecule has 94 valence electrons. The van der Waals surface area contributed by atoms with Gasteiger partial charge in [-0.3, -0.25) is 4.79 Å². The van der Waals surface area contributed by atoms with Gasteiger partial charge in [0, 0.05) is 4.88 Å². The van der Waals surface area contributed by atoms with E-state index in [0.29, 0.717) is 11.3 Å². The largest absolute Gasteiger partial charge is 0.496 e. The van der Waals surface area contributed by atoms with Crippen molar-refractivity contribution in [1.29, 1.82) is 0 Å². The highest BCUT2D eigenvalue weighted by Gasteiger charge is 2.17. The third-order valence-corrected chi connectivity index (χ3v) is 4.14. The summed E-state index contributed by atoms with van der Waals surface area (Å²) in [6.45, 7) is 6.03. The van der Waals surface area contributed by atoms with Crippen molar-refractivity contribution in [2.24, 2.45) is 0 Å². The van der Waals surface area contributed by atoms with E-state index in [2.05, 4.69) is 0 Å². The van der Waals surface area contributed by atoms with Gasteiger partial charge >= 0.3 is 0 Å². The second kappa shape index (κ2) is 4.94. The van der Waals surface area contributed by atoms with Crippen LogP contribution in [0.2, 0.25) is 0 Å². The molecule has 2 aromatic rings. The van der Waals surface area contributed by atoms with Crippen molar-refractivity contribution in [2.45, 2.75) is 20.8 Å². The lowest BCUT2D eigenvalue weighted by Crippen LogP contribution is -2.02. The quantitative estimate of drug-likeness (QED) is 0.782. The minimum Gasteiger partial charge on any atom is -0.496 e. The number of thiophene rings is 1. The number of hydrogen-bond acceptors (Lipinski definition) is 3. The highest BCUT2D eigenvalue weighted by atomic mass is 32.1. The van der Waals surface area contributed by atoms with Crippen molar-refractivity contribution in [1.82, 2.24) is 0 Å². The summed E-state index contributed by atoms with van der Waals surface area (Å²) in [5.74, 6) is 0.672. The topological polar surface area (TPSA) is 26.3 Å². The lowest BCUT2D eigenvalue weighted by Gasteiger charge is -2.07. The van der Waals surface area contributed by atoms with Crippen LogP contribution in [-0.4, -0.2) is 12.9 Å². The Kier molecular flexibility index (Phi) is 3.53. The van der Waals surface area contributed by atoms with Crippen LogP contribution in [-0.2, 0) is 0 Å². The third-order valence-electron chi connectivity index (χ3n) is 2.99. The monoisotopic (exact) mass is 260 g/mol. The molecule has 0 amide bonds. The van der Waals surface area contributed by atoms with Crippen molar-refractivity contribution in [3.8, 4) is 5.75 Å². The first kappa shape index (κ1) is 12.8. The van der Waals surface area contributed by atoms with E-state index in [9.17, 15) is 4.79 Å². The summed E-state index contributed by atoms with van der Waals surface area (Å²) in [4.78, 5) is 14.4. The van der Waals surface area contributed by atoms with Crippen LogP contribution in [0.3, 0.4) is 0 Å². The number of hydrogen-bond donors (Lipinski definition) is 0. The third kappa shape index (κ3) is 2.31. The molecule has 0 atom stereocenters. The zero-order valence-electron chi connectivity index (χ0n) is 11.0. The van der Waals surface area contributed by atoms with E-state index in [4.69, 9.17) is 4.74 Å². The molecule has 18 heavy (non-hydrogen) atoms. The minimum absolute atomic E-state index is 0.0387. The molecule has 0 N–H and O–H groups in total. The molecule has 1 aromatic heterocycles. The smallest absolute Gasteiger partial charge is 0.206 e. The first-order valence-electron chi connectivity index (χ1n) is 5.79. The predicted octanol–water partition coefficient (Wildman–Crippen LogP) is 3.91. The Morgan fingerprint density at radius 1 is 1.17 bits per heavy atom. The molecular weight excluding hydrogens is 244 g/mol. The normalized spacial score (nSPS) is 10.4. The van der Waals surface area contributed by atoms with Gasteiger partial charge in [-0.25, -0.2) is 0 Å². The maximum atomic E-state index is 12.5. The molecule has 0 fully saturated rings. The summed E-state index contributed by atoms with van der Waals surface area (Å²) in [5.41, 5.74) is 2.86. The second-order valence-corrected chi connectivity index (χ2v) is 5.64. The summed E-state index contributed by atoms with van der Waals surface area (Å²) >= 11 is 1.54. The van der Waals surface area contributed by atoms with Crippen LogP contribution in [0, 0.1) is 20.8 Å². The fraction of sp³-hybridized carbons (Fsp3) is 0.267. The van der Waals surface area contributed by atoms with Gasteiger partial charge in [-0.2, -0.15) is 0 Å². The molecular formula is C15H16O2S. The zero-order valence-corrected chi connectivity index (χ0v) is 11.9. The van der Waals surface area contributed by atoms with Crippen LogP contribution in [0.25, 0.3) is 0 Å². The Morgan fingerprint density at radius 2 is 1.89 bits per heavy atom. The Hall–Kier alpha value is -1.61. The molecule has 0 saturated carbocycles. The lowest BCUT2D eigenvalue weighted by molar-refractivity contribution is 0.103. The van der Waals surface area contributed by atoms with E-state index in [1.165, 1.54) is 16.2 Å². The first-order chi connectivity index (χ1) is 8.52. The van der Waals surface area contributed by atoms with Gasteiger partial charge in [0.1, 0.15) is 5.75 Å². The summed E-state index contributed by atoms with van der Waals surface area (Å²) in [6, 6.07) is 7.62. The molecule has 1 heterocycles. The molecule has 0 aliphatic heterocycles. The Morgan fingerprint density at radius 3 is 2.44 bits per heavy atom. The van der Waals surface area contributed by atoms with Crippen LogP contribution in [0.5, 0.6) is 5.75 Å². The van der Waals surface area contributed by atoms with E-state index in [-0.39, 0.29) is 5.78 Å². The Bertz CT molecular complexity index is 577. The average molecular weight is 260 g/mol. The van der Waals surface area contributed by atoms with Gasteiger partial charge in [0.05, 0.1) is 17.6 Å². The zero-order chi connectivity index (χ0) is 13.3. The number of carbonyl (C=O) groups excluding carboxylic acids is 1. The fourth-order valence-electron chi connectivity index (χ4n) is 1.82. The number of methoxy groups -OCH3 is 1. The maximum Gasteiger partial charge on any atom is 0.206 e. The standard InChI is InChI=1S/C15H16O2S/c1-9-5-6-13(17-4)12(7-9)15(16)14-8-10(2)11(3)18-14/h5-8H,1-4H3. The molecule has 0 radical (unpaired) electrons. The number of ketones is 1. The van der Waals surface area contributed by atoms with Crippen LogP contribution >= 0.6 is 11.3 Å². The molecule has 2 rings (SSSR count). The molecule has 0 aliphatic rings. The molecule has 0 spiro atoms. The van der Waals surface area contributed by atoms with Crippen molar-refractivity contribution in [2.75, 3.05) is 7.11 Å². The van der Waals surface area contributed by atoms with E-state index in [1.807, 2.05) is 45.0 Å². The van der Waals surface area contributed by atoms with Crippen molar-refractivity contribution in [3.63, 3.8) is 0 Å². The predicted molar refractivity (Wildman–Crippen MR) is 75.0 cm³/mol. The van der Waals surface area contributed by atoms with Crippen LogP contribution in [0.4, 0.5) is 0 Å². The van der Waals surface area contributed by atoms with E-state index in [1.54, 1.807) is 7.11 Å². The summed E-state index contributed by atoms with van der Waals surface area (Å²) in [6.07, 6.45) is 0. The highest BCUT2D eigenvalue weighted by molar-refractivity contribution is 7.14. The second-order valence-electron chi connectivity index (χ2n) is 4.38. The summed E-state index contributed by atoms with van der Waals surface area (Å²) < 4.78 is 5.26. The maximum absolute atomic E-state index is 12.5. The van der Waals surface area contributed by atoms with E-state index < -0.39 is 0 Å². The lowest BCUT2D eigenvalue weighted by atomic mass is 10.1. The number of aryl methyl sites for hydroxylation is 3. The number of carbonyl (C=O) groups is 1. The van der Waals surface area contributed by atoms with Gasteiger partial charge in [-0.15, -0.1) is 11.3 Å². The number of benzene rings is 1. The van der Waals surface area contributed by atoms with Crippen molar-refractivity contribution in [3.05, 3.63) is 50.7 Å². The summed E-state index contributed by atoms with van der Waals surface area (Å²) in [5, 5.41) is 0. The molecule has 0 unspecified atom stereocenters. The van der Waals surface area contributed by atoms with Gasteiger partial charge < -0.3 is 4.74 Å². The molecule has 0 bridgehead atoms. The molecule has 3 heteroatoms. The molecule has 0 saturated heterocycles. The van der Waals surface area contributed by atoms with Crippen LogP contribution in [0.15, 0.2) is 24.3 Å². The fourth-order valence-corrected chi connectivity index (χ4v) is 2.81. The molecule has 1 aromatic carbocycles. The Balaban J connectivity index is 2.48. The minimum atomic E-state index is 0.0387. The number of ether oxygens (including phenoxy) is 1. The molecule has 0 aliphatic carbocycles. The van der Waals surface area contributed by atoms with Gasteiger partial charge in [0.25, 0.3) is 0 Å². The summed E-state index contributed by atoms with van der Waals surface area (Å²) in [7, 11) is 1.59. The van der Waals surface area contributed by atoms with Gasteiger partial charge in [-0.1, -0.05) is 11.6 Å². The van der Waals surface area contributed by atoms with Crippen molar-refractivity contribution < 1.29 is 9.53 Å².